The van der Waals surface area contributed by atoms with Gasteiger partial charge in [0.2, 0.25) is 0 Å². The van der Waals surface area contributed by atoms with Gasteiger partial charge in [-0.05, 0) is 28.9 Å². The van der Waals surface area contributed by atoms with Crippen LogP contribution in [0, 0.1) is 11.3 Å². The summed E-state index contributed by atoms with van der Waals surface area (Å²) < 4.78 is 5.54. The first-order chi connectivity index (χ1) is 6.19. The van der Waals surface area contributed by atoms with Gasteiger partial charge < -0.3 is 4.74 Å². The maximum Gasteiger partial charge on any atom is 0.340 e. The number of halogens is 1. The highest BCUT2D eigenvalue weighted by molar-refractivity contribution is 9.11. The molecule has 0 radical (unpaired) electrons. The number of hydrogen-bond donors (Lipinski definition) is 0. The second kappa shape index (κ2) is 4.40. The van der Waals surface area contributed by atoms with E-state index in [1.807, 2.05) is 6.07 Å². The van der Waals surface area contributed by atoms with E-state index in [1.54, 1.807) is 13.0 Å². The minimum atomic E-state index is -0.444. The van der Waals surface area contributed by atoms with Crippen molar-refractivity contribution in [1.82, 2.24) is 0 Å². The third-order valence-corrected chi connectivity index (χ3v) is 2.84. The molecule has 0 saturated heterocycles. The molecule has 1 heterocycles. The highest BCUT2D eigenvalue weighted by atomic mass is 79.9. The largest absolute Gasteiger partial charge is 0.462 e. The number of esters is 1. The molecule has 0 aliphatic carbocycles. The number of thiophene rings is 1. The Morgan fingerprint density at radius 3 is 3.08 bits per heavy atom. The summed E-state index contributed by atoms with van der Waals surface area (Å²) in [4.78, 5) is 11.6. The predicted molar refractivity (Wildman–Crippen MR) is 52.7 cm³/mol. The molecule has 3 nitrogen and oxygen atoms in total. The molecule has 0 atom stereocenters. The number of rotatable bonds is 2. The third-order valence-electron chi connectivity index (χ3n) is 1.30. The molecule has 0 unspecified atom stereocenters. The number of nitrogens with zero attached hydrogens (tertiary/aromatic N) is 1. The lowest BCUT2D eigenvalue weighted by Gasteiger charge is -1.97. The van der Waals surface area contributed by atoms with E-state index in [1.165, 1.54) is 11.3 Å². The van der Waals surface area contributed by atoms with Crippen LogP contribution in [0.15, 0.2) is 9.85 Å². The zero-order valence-corrected chi connectivity index (χ0v) is 9.24. The highest BCUT2D eigenvalue weighted by Gasteiger charge is 2.15. The molecule has 1 aromatic rings. The molecule has 0 N–H and O–H groups in total. The van der Waals surface area contributed by atoms with Crippen LogP contribution in [0.2, 0.25) is 0 Å². The van der Waals surface area contributed by atoms with Gasteiger partial charge in [0, 0.05) is 0 Å². The van der Waals surface area contributed by atoms with Crippen molar-refractivity contribution in [3.63, 3.8) is 0 Å². The zero-order chi connectivity index (χ0) is 9.84. The Bertz CT molecular complexity index is 367. The molecule has 0 fully saturated rings. The van der Waals surface area contributed by atoms with Crippen molar-refractivity contribution in [2.45, 2.75) is 6.92 Å². The normalized spacial score (nSPS) is 9.31. The maximum atomic E-state index is 11.3. The second-order valence-electron chi connectivity index (χ2n) is 2.13. The number of carbonyl (C=O) groups excluding carboxylic acids is 1. The first-order valence-corrected chi connectivity index (χ1v) is 5.16. The minimum absolute atomic E-state index is 0.317. The molecule has 0 aromatic carbocycles. The minimum Gasteiger partial charge on any atom is -0.462 e. The van der Waals surface area contributed by atoms with Crippen LogP contribution in [-0.2, 0) is 4.74 Å². The van der Waals surface area contributed by atoms with E-state index in [4.69, 9.17) is 10.00 Å². The lowest BCUT2D eigenvalue weighted by molar-refractivity contribution is 0.0526. The Hall–Kier alpha value is -0.860. The molecule has 0 aliphatic rings. The van der Waals surface area contributed by atoms with Crippen molar-refractivity contribution in [2.24, 2.45) is 0 Å². The molecule has 68 valence electrons. The van der Waals surface area contributed by atoms with Gasteiger partial charge in [0.25, 0.3) is 0 Å². The summed E-state index contributed by atoms with van der Waals surface area (Å²) >= 11 is 4.43. The molecule has 0 amide bonds. The summed E-state index contributed by atoms with van der Waals surface area (Å²) in [6.45, 7) is 2.04. The van der Waals surface area contributed by atoms with Crippen molar-refractivity contribution >= 4 is 33.2 Å². The van der Waals surface area contributed by atoms with Crippen LogP contribution in [0.4, 0.5) is 0 Å². The Labute approximate surface area is 88.1 Å². The van der Waals surface area contributed by atoms with E-state index >= 15 is 0 Å². The molecule has 0 saturated carbocycles. The van der Waals surface area contributed by atoms with Crippen LogP contribution in [-0.4, -0.2) is 12.6 Å². The SMILES string of the molecule is CCOC(=O)c1cc(Br)sc1C#N. The fourth-order valence-corrected chi connectivity index (χ4v) is 2.19. The number of hydrogen-bond acceptors (Lipinski definition) is 4. The fraction of sp³-hybridized carbons (Fsp3) is 0.250. The summed E-state index contributed by atoms with van der Waals surface area (Å²) in [7, 11) is 0. The Morgan fingerprint density at radius 1 is 1.85 bits per heavy atom. The van der Waals surface area contributed by atoms with Gasteiger partial charge >= 0.3 is 5.97 Å². The van der Waals surface area contributed by atoms with Crippen LogP contribution in [0.1, 0.15) is 22.2 Å². The molecule has 0 spiro atoms. The van der Waals surface area contributed by atoms with Crippen molar-refractivity contribution in [3.8, 4) is 6.07 Å². The molecule has 5 heteroatoms. The topological polar surface area (TPSA) is 50.1 Å². The third kappa shape index (κ3) is 2.29. The number of ether oxygens (including phenoxy) is 1. The highest BCUT2D eigenvalue weighted by Crippen LogP contribution is 2.26. The van der Waals surface area contributed by atoms with Crippen LogP contribution in [0.25, 0.3) is 0 Å². The van der Waals surface area contributed by atoms with E-state index < -0.39 is 5.97 Å². The van der Waals surface area contributed by atoms with E-state index in [0.29, 0.717) is 17.0 Å². The van der Waals surface area contributed by atoms with E-state index in [-0.39, 0.29) is 0 Å². The summed E-state index contributed by atoms with van der Waals surface area (Å²) in [5, 5.41) is 8.68. The molecule has 0 bridgehead atoms. The zero-order valence-electron chi connectivity index (χ0n) is 6.83. The molecular formula is C8H6BrNO2S. The Kier molecular flexibility index (Phi) is 3.46. The van der Waals surface area contributed by atoms with Crippen LogP contribution >= 0.6 is 27.3 Å². The van der Waals surface area contributed by atoms with E-state index in [9.17, 15) is 4.79 Å². The van der Waals surface area contributed by atoms with Crippen molar-refractivity contribution in [2.75, 3.05) is 6.61 Å². The van der Waals surface area contributed by atoms with E-state index in [2.05, 4.69) is 15.9 Å². The number of nitriles is 1. The van der Waals surface area contributed by atoms with Crippen LogP contribution < -0.4 is 0 Å². The monoisotopic (exact) mass is 259 g/mol. The van der Waals surface area contributed by atoms with Crippen molar-refractivity contribution in [3.05, 3.63) is 20.3 Å². The lowest BCUT2D eigenvalue weighted by Crippen LogP contribution is -2.04. The summed E-state index contributed by atoms with van der Waals surface area (Å²) in [6.07, 6.45) is 0. The van der Waals surface area contributed by atoms with Gasteiger partial charge in [-0.3, -0.25) is 0 Å². The average molecular weight is 260 g/mol. The van der Waals surface area contributed by atoms with Crippen LogP contribution in [0.5, 0.6) is 0 Å². The van der Waals surface area contributed by atoms with Gasteiger partial charge in [0.1, 0.15) is 10.9 Å². The molecule has 1 rings (SSSR count). The van der Waals surface area contributed by atoms with Gasteiger partial charge in [-0.15, -0.1) is 11.3 Å². The van der Waals surface area contributed by atoms with Gasteiger partial charge in [0.15, 0.2) is 0 Å². The van der Waals surface area contributed by atoms with Crippen LogP contribution in [0.3, 0.4) is 0 Å². The molecule has 1 aromatic heterocycles. The molecule has 13 heavy (non-hydrogen) atoms. The van der Waals surface area contributed by atoms with Gasteiger partial charge in [-0.1, -0.05) is 0 Å². The summed E-state index contributed by atoms with van der Waals surface area (Å²) in [6, 6.07) is 3.54. The van der Waals surface area contributed by atoms with Gasteiger partial charge in [0.05, 0.1) is 16.0 Å². The van der Waals surface area contributed by atoms with Crippen molar-refractivity contribution in [1.29, 1.82) is 5.26 Å². The van der Waals surface area contributed by atoms with Gasteiger partial charge in [-0.25, -0.2) is 4.79 Å². The second-order valence-corrected chi connectivity index (χ2v) is 4.56. The lowest BCUT2D eigenvalue weighted by atomic mass is 10.3. The maximum absolute atomic E-state index is 11.3. The van der Waals surface area contributed by atoms with E-state index in [0.717, 1.165) is 3.79 Å². The molecule has 0 aliphatic heterocycles. The first-order valence-electron chi connectivity index (χ1n) is 3.55. The molecular weight excluding hydrogens is 254 g/mol. The van der Waals surface area contributed by atoms with Gasteiger partial charge in [-0.2, -0.15) is 5.26 Å². The predicted octanol–water partition coefficient (Wildman–Crippen LogP) is 2.56. The average Bonchev–Trinajstić information content (AvgIpc) is 2.47. The Morgan fingerprint density at radius 2 is 2.54 bits per heavy atom. The summed E-state index contributed by atoms with van der Waals surface area (Å²) in [5.41, 5.74) is 0.334. The fourth-order valence-electron chi connectivity index (χ4n) is 0.804. The standard InChI is InChI=1S/C8H6BrNO2S/c1-2-12-8(11)5-3-7(9)13-6(5)4-10/h3H,2H2,1H3. The van der Waals surface area contributed by atoms with Crippen molar-refractivity contribution < 1.29 is 9.53 Å². The number of carbonyl (C=O) groups is 1. The smallest absolute Gasteiger partial charge is 0.340 e. The quantitative estimate of drug-likeness (QED) is 0.768. The summed E-state index contributed by atoms with van der Waals surface area (Å²) in [5.74, 6) is -0.444. The Balaban J connectivity index is 3.00. The first kappa shape index (κ1) is 10.2.